The fourth-order valence-electron chi connectivity index (χ4n) is 6.92. The Labute approximate surface area is 243 Å². The van der Waals surface area contributed by atoms with Crippen molar-refractivity contribution in [3.05, 3.63) is 137 Å². The van der Waals surface area contributed by atoms with Crippen molar-refractivity contribution in [1.82, 2.24) is 15.1 Å². The summed E-state index contributed by atoms with van der Waals surface area (Å²) < 4.78 is 0. The molecule has 4 aromatic carbocycles. The number of aromatic nitrogens is 2. The van der Waals surface area contributed by atoms with Crippen LogP contribution in [-0.2, 0) is 19.4 Å². The molecule has 1 aliphatic heterocycles. The van der Waals surface area contributed by atoms with Crippen LogP contribution in [-0.4, -0.2) is 28.2 Å². The molecular formula is C38H37N3. The number of benzene rings is 4. The van der Waals surface area contributed by atoms with Crippen molar-refractivity contribution in [1.29, 1.82) is 0 Å². The number of aryl methyl sites for hydroxylation is 1. The largest absolute Gasteiger partial charge is 0.299 e. The Kier molecular flexibility index (Phi) is 7.44. The van der Waals surface area contributed by atoms with Crippen LogP contribution in [0.5, 0.6) is 0 Å². The molecule has 1 fully saturated rings. The third-order valence-electron chi connectivity index (χ3n) is 8.93. The predicted octanol–water partition coefficient (Wildman–Crippen LogP) is 8.71. The molecule has 8 rings (SSSR count). The average Bonchev–Trinajstić information content (AvgIpc) is 3.54. The highest BCUT2D eigenvalue weighted by Gasteiger charge is 2.22. The molecule has 0 saturated carbocycles. The highest BCUT2D eigenvalue weighted by molar-refractivity contribution is 5.96. The normalized spacial score (nSPS) is 16.4. The second-order valence-corrected chi connectivity index (χ2v) is 11.7. The molecule has 1 aromatic heterocycles. The summed E-state index contributed by atoms with van der Waals surface area (Å²) in [5.41, 5.74) is 10.6. The molecule has 0 N–H and O–H groups in total. The van der Waals surface area contributed by atoms with Gasteiger partial charge in [0.1, 0.15) is 0 Å². The Balaban J connectivity index is 0.000000232. The van der Waals surface area contributed by atoms with E-state index in [1.165, 1.54) is 90.2 Å². The van der Waals surface area contributed by atoms with Crippen LogP contribution in [0.3, 0.4) is 0 Å². The second kappa shape index (κ2) is 11.8. The van der Waals surface area contributed by atoms with E-state index >= 15 is 0 Å². The van der Waals surface area contributed by atoms with Crippen LogP contribution < -0.4 is 0 Å². The van der Waals surface area contributed by atoms with E-state index in [9.17, 15) is 0 Å². The summed E-state index contributed by atoms with van der Waals surface area (Å²) in [6.45, 7) is 3.61. The van der Waals surface area contributed by atoms with E-state index in [-0.39, 0.29) is 0 Å². The van der Waals surface area contributed by atoms with Crippen molar-refractivity contribution in [2.24, 2.45) is 0 Å². The quantitative estimate of drug-likeness (QED) is 0.230. The van der Waals surface area contributed by atoms with Gasteiger partial charge in [-0.25, -0.2) is 0 Å². The molecule has 41 heavy (non-hydrogen) atoms. The molecule has 3 heteroatoms. The smallest absolute Gasteiger partial charge is 0.0574 e. The van der Waals surface area contributed by atoms with Gasteiger partial charge in [-0.15, -0.1) is 0 Å². The Morgan fingerprint density at radius 1 is 0.683 bits per heavy atom. The van der Waals surface area contributed by atoms with Gasteiger partial charge in [-0.2, -0.15) is 10.2 Å². The molecule has 2 heterocycles. The molecule has 0 bridgehead atoms. The highest BCUT2D eigenvalue weighted by Crippen LogP contribution is 2.41. The average molecular weight is 536 g/mol. The molecule has 3 nitrogen and oxygen atoms in total. The Morgan fingerprint density at radius 3 is 2.27 bits per heavy atom. The minimum Gasteiger partial charge on any atom is -0.299 e. The first-order valence-corrected chi connectivity index (χ1v) is 15.2. The molecule has 0 spiro atoms. The van der Waals surface area contributed by atoms with E-state index in [2.05, 4.69) is 81.8 Å². The molecule has 0 atom stereocenters. The Bertz CT molecular complexity index is 1690. The lowest BCUT2D eigenvalue weighted by Crippen LogP contribution is -2.18. The molecular weight excluding hydrogens is 498 g/mol. The van der Waals surface area contributed by atoms with Crippen LogP contribution >= 0.6 is 0 Å². The summed E-state index contributed by atoms with van der Waals surface area (Å²) >= 11 is 0. The van der Waals surface area contributed by atoms with Gasteiger partial charge in [0.25, 0.3) is 0 Å². The van der Waals surface area contributed by atoms with Gasteiger partial charge in [-0.1, -0.05) is 96.6 Å². The number of rotatable bonds is 4. The standard InChI is InChI=1S/C30H31N.C8H6N2/c1-2-12-27-24(9-1)13-16-29-28(27)15-14-25-10-6-11-26(30(25)29)20-22-7-5-8-23(19-22)21-31-17-3-4-18-31;1-2-4-8-6-10-9-5-7(8)3-1/h2,5-8,10-12,14-15,19H,1,3-4,9,13,16-18,20-21H2;1-6H. The van der Waals surface area contributed by atoms with Crippen LogP contribution in [0.4, 0.5) is 0 Å². The molecule has 1 saturated heterocycles. The zero-order valence-electron chi connectivity index (χ0n) is 23.7. The van der Waals surface area contributed by atoms with Crippen molar-refractivity contribution in [3.63, 3.8) is 0 Å². The molecule has 204 valence electrons. The summed E-state index contributed by atoms with van der Waals surface area (Å²) in [6, 6.07) is 28.9. The van der Waals surface area contributed by atoms with Crippen LogP contribution in [0.1, 0.15) is 59.9 Å². The fourth-order valence-corrected chi connectivity index (χ4v) is 6.92. The van der Waals surface area contributed by atoms with E-state index < -0.39 is 0 Å². The van der Waals surface area contributed by atoms with Crippen LogP contribution in [0.25, 0.3) is 27.1 Å². The SMILES string of the molecule is C1=CC2=C(CC1)CCc1c2ccc2cccc(Cc3cccc(CN4CCCC4)c3)c12.c1ccc2cnncc2c1. The molecule has 0 amide bonds. The van der Waals surface area contributed by atoms with Crippen LogP contribution in [0, 0.1) is 0 Å². The monoisotopic (exact) mass is 535 g/mol. The second-order valence-electron chi connectivity index (χ2n) is 11.7. The number of allylic oxidation sites excluding steroid dienone is 4. The number of hydrogen-bond donors (Lipinski definition) is 0. The van der Waals surface area contributed by atoms with E-state index in [0.717, 1.165) is 23.7 Å². The molecule has 0 radical (unpaired) electrons. The molecule has 0 unspecified atom stereocenters. The lowest BCUT2D eigenvalue weighted by Gasteiger charge is -2.26. The zero-order chi connectivity index (χ0) is 27.4. The predicted molar refractivity (Wildman–Crippen MR) is 171 cm³/mol. The minimum absolute atomic E-state index is 1.02. The van der Waals surface area contributed by atoms with Crippen LogP contribution in [0.15, 0.2) is 109 Å². The Hall–Kier alpha value is -4.08. The fraction of sp³-hybridized carbons (Fsp3) is 0.263. The van der Waals surface area contributed by atoms with Gasteiger partial charge < -0.3 is 0 Å². The number of fused-ring (bicyclic) bond motifs is 5. The number of nitrogens with zero attached hydrogens (tertiary/aromatic N) is 3. The lowest BCUT2D eigenvalue weighted by molar-refractivity contribution is 0.331. The van der Waals surface area contributed by atoms with Crippen LogP contribution in [0.2, 0.25) is 0 Å². The maximum Gasteiger partial charge on any atom is 0.0574 e. The summed E-state index contributed by atoms with van der Waals surface area (Å²) in [4.78, 5) is 2.59. The first kappa shape index (κ1) is 25.9. The summed E-state index contributed by atoms with van der Waals surface area (Å²) in [6.07, 6.45) is 16.9. The Morgan fingerprint density at radius 2 is 1.44 bits per heavy atom. The summed E-state index contributed by atoms with van der Waals surface area (Å²) in [7, 11) is 0. The summed E-state index contributed by atoms with van der Waals surface area (Å²) in [5.74, 6) is 0. The topological polar surface area (TPSA) is 29.0 Å². The van der Waals surface area contributed by atoms with E-state index in [0.29, 0.717) is 0 Å². The van der Waals surface area contributed by atoms with Crippen molar-refractivity contribution >= 4 is 27.1 Å². The van der Waals surface area contributed by atoms with E-state index in [1.54, 1.807) is 23.5 Å². The van der Waals surface area contributed by atoms with Crippen molar-refractivity contribution < 1.29 is 0 Å². The highest BCUT2D eigenvalue weighted by atomic mass is 15.1. The van der Waals surface area contributed by atoms with Gasteiger partial charge >= 0.3 is 0 Å². The van der Waals surface area contributed by atoms with Gasteiger partial charge in [0, 0.05) is 17.3 Å². The zero-order valence-corrected chi connectivity index (χ0v) is 23.7. The minimum atomic E-state index is 1.02. The first-order chi connectivity index (χ1) is 20.3. The van der Waals surface area contributed by atoms with Gasteiger partial charge in [0.2, 0.25) is 0 Å². The maximum atomic E-state index is 3.76. The van der Waals surface area contributed by atoms with E-state index in [4.69, 9.17) is 0 Å². The number of likely N-dealkylation sites (tertiary alicyclic amines) is 1. The third kappa shape index (κ3) is 5.60. The van der Waals surface area contributed by atoms with Crippen molar-refractivity contribution in [2.45, 2.75) is 51.5 Å². The first-order valence-electron chi connectivity index (χ1n) is 15.2. The number of hydrogen-bond acceptors (Lipinski definition) is 3. The lowest BCUT2D eigenvalue weighted by atomic mass is 9.78. The van der Waals surface area contributed by atoms with Gasteiger partial charge in [0.05, 0.1) is 12.4 Å². The van der Waals surface area contributed by atoms with Gasteiger partial charge in [-0.3, -0.25) is 4.90 Å². The molecule has 2 aliphatic carbocycles. The summed E-state index contributed by atoms with van der Waals surface area (Å²) in [5, 5.41) is 12.7. The van der Waals surface area contributed by atoms with Crippen molar-refractivity contribution in [3.8, 4) is 0 Å². The molecule has 3 aliphatic rings. The third-order valence-corrected chi connectivity index (χ3v) is 8.93. The van der Waals surface area contributed by atoms with Crippen molar-refractivity contribution in [2.75, 3.05) is 13.1 Å². The van der Waals surface area contributed by atoms with Gasteiger partial charge in [0.15, 0.2) is 0 Å². The van der Waals surface area contributed by atoms with E-state index in [1.807, 2.05) is 24.3 Å². The van der Waals surface area contributed by atoms with Gasteiger partial charge in [-0.05, 0) is 102 Å². The molecule has 5 aromatic rings. The maximum absolute atomic E-state index is 3.76.